The van der Waals surface area contributed by atoms with Crippen LogP contribution in [0.4, 0.5) is 0 Å². The zero-order chi connectivity index (χ0) is 12.8. The minimum Gasteiger partial charge on any atom is -0.478 e. The lowest BCUT2D eigenvalue weighted by molar-refractivity contribution is 0.0697. The standard InChI is InChI=1S/C14H12N2O2/c17-14(18)13-3-1-11(2-4-13)9-16-10-12-5-7-15-8-6-12/h1-8,10H,9H2,(H,17,18)/b16-10+. The van der Waals surface area contributed by atoms with Gasteiger partial charge in [-0.2, -0.15) is 0 Å². The summed E-state index contributed by atoms with van der Waals surface area (Å²) in [4.78, 5) is 18.9. The number of pyridine rings is 1. The average molecular weight is 240 g/mol. The van der Waals surface area contributed by atoms with Gasteiger partial charge < -0.3 is 5.11 Å². The second-order valence-corrected chi connectivity index (χ2v) is 3.75. The highest BCUT2D eigenvalue weighted by molar-refractivity contribution is 5.87. The SMILES string of the molecule is O=C(O)c1ccc(C/N=C/c2ccncc2)cc1. The molecular weight excluding hydrogens is 228 g/mol. The van der Waals surface area contributed by atoms with Crippen LogP contribution in [-0.4, -0.2) is 22.3 Å². The van der Waals surface area contributed by atoms with Crippen molar-refractivity contribution in [2.75, 3.05) is 0 Å². The van der Waals surface area contributed by atoms with Gasteiger partial charge in [-0.1, -0.05) is 12.1 Å². The number of carbonyl (C=O) groups is 1. The van der Waals surface area contributed by atoms with Gasteiger partial charge in [0.05, 0.1) is 12.1 Å². The Kier molecular flexibility index (Phi) is 3.81. The average Bonchev–Trinajstić information content (AvgIpc) is 2.40. The highest BCUT2D eigenvalue weighted by Crippen LogP contribution is 2.05. The summed E-state index contributed by atoms with van der Waals surface area (Å²) in [6.45, 7) is 0.530. The van der Waals surface area contributed by atoms with Crippen molar-refractivity contribution in [2.24, 2.45) is 4.99 Å². The molecule has 90 valence electrons. The fraction of sp³-hybridized carbons (Fsp3) is 0.0714. The van der Waals surface area contributed by atoms with Gasteiger partial charge in [-0.3, -0.25) is 9.98 Å². The van der Waals surface area contributed by atoms with Crippen molar-refractivity contribution in [2.45, 2.75) is 6.54 Å². The Morgan fingerprint density at radius 2 is 1.83 bits per heavy atom. The molecule has 0 saturated carbocycles. The van der Waals surface area contributed by atoms with Gasteiger partial charge in [0, 0.05) is 18.6 Å². The van der Waals surface area contributed by atoms with Crippen LogP contribution in [0.2, 0.25) is 0 Å². The van der Waals surface area contributed by atoms with Crippen molar-refractivity contribution in [3.05, 3.63) is 65.5 Å². The quantitative estimate of drug-likeness (QED) is 0.834. The van der Waals surface area contributed by atoms with Gasteiger partial charge in [-0.25, -0.2) is 4.79 Å². The van der Waals surface area contributed by atoms with E-state index < -0.39 is 5.97 Å². The molecule has 0 bridgehead atoms. The minimum atomic E-state index is -0.915. The Morgan fingerprint density at radius 1 is 1.17 bits per heavy atom. The summed E-state index contributed by atoms with van der Waals surface area (Å²) in [5, 5.41) is 8.76. The molecule has 0 unspecified atom stereocenters. The number of aromatic nitrogens is 1. The molecule has 1 N–H and O–H groups in total. The summed E-state index contributed by atoms with van der Waals surface area (Å²) in [6.07, 6.45) is 5.19. The molecule has 2 aromatic rings. The predicted molar refractivity (Wildman–Crippen MR) is 68.9 cm³/mol. The van der Waals surface area contributed by atoms with E-state index >= 15 is 0 Å². The van der Waals surface area contributed by atoms with Crippen LogP contribution < -0.4 is 0 Å². The van der Waals surface area contributed by atoms with Crippen LogP contribution in [0.15, 0.2) is 53.8 Å². The Balaban J connectivity index is 1.98. The fourth-order valence-electron chi connectivity index (χ4n) is 1.46. The van der Waals surface area contributed by atoms with Gasteiger partial charge in [-0.05, 0) is 35.4 Å². The summed E-state index contributed by atoms with van der Waals surface area (Å²) in [7, 11) is 0. The molecule has 18 heavy (non-hydrogen) atoms. The van der Waals surface area contributed by atoms with Crippen LogP contribution in [0.1, 0.15) is 21.5 Å². The van der Waals surface area contributed by atoms with Crippen LogP contribution in [0, 0.1) is 0 Å². The maximum absolute atomic E-state index is 10.7. The number of hydrogen-bond donors (Lipinski definition) is 1. The molecule has 0 aliphatic carbocycles. The third-order valence-electron chi connectivity index (χ3n) is 2.42. The summed E-state index contributed by atoms with van der Waals surface area (Å²) < 4.78 is 0. The van der Waals surface area contributed by atoms with Gasteiger partial charge in [0.15, 0.2) is 0 Å². The van der Waals surface area contributed by atoms with E-state index in [0.29, 0.717) is 6.54 Å². The lowest BCUT2D eigenvalue weighted by Crippen LogP contribution is -1.95. The molecule has 4 nitrogen and oxygen atoms in total. The first-order valence-electron chi connectivity index (χ1n) is 5.48. The van der Waals surface area contributed by atoms with Gasteiger partial charge in [0.25, 0.3) is 0 Å². The number of aromatic carboxylic acids is 1. The van der Waals surface area contributed by atoms with Crippen LogP contribution in [0.5, 0.6) is 0 Å². The smallest absolute Gasteiger partial charge is 0.335 e. The fourth-order valence-corrected chi connectivity index (χ4v) is 1.46. The highest BCUT2D eigenvalue weighted by Gasteiger charge is 2.00. The molecule has 2 rings (SSSR count). The number of carboxylic acids is 1. The van der Waals surface area contributed by atoms with E-state index in [0.717, 1.165) is 11.1 Å². The van der Waals surface area contributed by atoms with Gasteiger partial charge in [-0.15, -0.1) is 0 Å². The van der Waals surface area contributed by atoms with E-state index in [1.165, 1.54) is 0 Å². The minimum absolute atomic E-state index is 0.289. The van der Waals surface area contributed by atoms with Crippen LogP contribution in [0.25, 0.3) is 0 Å². The number of nitrogens with zero attached hydrogens (tertiary/aromatic N) is 2. The van der Waals surface area contributed by atoms with Crippen molar-refractivity contribution in [3.8, 4) is 0 Å². The number of rotatable bonds is 4. The summed E-state index contributed by atoms with van der Waals surface area (Å²) in [6, 6.07) is 10.5. The number of aliphatic imine (C=N–C) groups is 1. The van der Waals surface area contributed by atoms with E-state index in [9.17, 15) is 4.79 Å². The zero-order valence-corrected chi connectivity index (χ0v) is 9.65. The lowest BCUT2D eigenvalue weighted by atomic mass is 10.1. The van der Waals surface area contributed by atoms with Crippen LogP contribution >= 0.6 is 0 Å². The third-order valence-corrected chi connectivity index (χ3v) is 2.42. The summed E-state index contributed by atoms with van der Waals surface area (Å²) >= 11 is 0. The van der Waals surface area contributed by atoms with E-state index in [1.54, 1.807) is 42.9 Å². The van der Waals surface area contributed by atoms with Gasteiger partial charge >= 0.3 is 5.97 Å². The predicted octanol–water partition coefficient (Wildman–Crippen LogP) is 2.40. The first-order chi connectivity index (χ1) is 8.75. The van der Waals surface area contributed by atoms with Crippen LogP contribution in [0.3, 0.4) is 0 Å². The summed E-state index contributed by atoms with van der Waals surface area (Å²) in [5.41, 5.74) is 2.26. The van der Waals surface area contributed by atoms with E-state index in [4.69, 9.17) is 5.11 Å². The Hall–Kier alpha value is -2.49. The maximum atomic E-state index is 10.7. The highest BCUT2D eigenvalue weighted by atomic mass is 16.4. The zero-order valence-electron chi connectivity index (χ0n) is 9.65. The number of hydrogen-bond acceptors (Lipinski definition) is 3. The normalized spacial score (nSPS) is 10.7. The van der Waals surface area contributed by atoms with Crippen molar-refractivity contribution >= 4 is 12.2 Å². The molecule has 0 aliphatic heterocycles. The van der Waals surface area contributed by atoms with Crippen molar-refractivity contribution in [1.82, 2.24) is 4.98 Å². The van der Waals surface area contributed by atoms with Gasteiger partial charge in [0.2, 0.25) is 0 Å². The second kappa shape index (κ2) is 5.72. The molecule has 1 heterocycles. The molecule has 1 aromatic heterocycles. The van der Waals surface area contributed by atoms with E-state index in [2.05, 4.69) is 9.98 Å². The molecule has 0 saturated heterocycles. The third kappa shape index (κ3) is 3.25. The molecular formula is C14H12N2O2. The monoisotopic (exact) mass is 240 g/mol. The maximum Gasteiger partial charge on any atom is 0.335 e. The first-order valence-corrected chi connectivity index (χ1v) is 5.48. The van der Waals surface area contributed by atoms with Gasteiger partial charge in [0.1, 0.15) is 0 Å². The van der Waals surface area contributed by atoms with E-state index in [-0.39, 0.29) is 5.56 Å². The Bertz CT molecular complexity index is 548. The molecule has 0 radical (unpaired) electrons. The Labute approximate surface area is 105 Å². The second-order valence-electron chi connectivity index (χ2n) is 3.75. The molecule has 4 heteroatoms. The number of carboxylic acid groups (broad SMARTS) is 1. The summed E-state index contributed by atoms with van der Waals surface area (Å²) in [5.74, 6) is -0.915. The largest absolute Gasteiger partial charge is 0.478 e. The molecule has 0 fully saturated rings. The molecule has 0 atom stereocenters. The molecule has 1 aromatic carbocycles. The van der Waals surface area contributed by atoms with Crippen molar-refractivity contribution in [3.63, 3.8) is 0 Å². The van der Waals surface area contributed by atoms with E-state index in [1.807, 2.05) is 12.1 Å². The molecule has 0 amide bonds. The first kappa shape index (κ1) is 12.0. The Morgan fingerprint density at radius 3 is 2.44 bits per heavy atom. The lowest BCUT2D eigenvalue weighted by Gasteiger charge is -1.98. The number of benzene rings is 1. The van der Waals surface area contributed by atoms with Crippen LogP contribution in [-0.2, 0) is 6.54 Å². The topological polar surface area (TPSA) is 62.5 Å². The van der Waals surface area contributed by atoms with Crippen molar-refractivity contribution in [1.29, 1.82) is 0 Å². The molecule has 0 aliphatic rings. The molecule has 0 spiro atoms. The van der Waals surface area contributed by atoms with Crippen molar-refractivity contribution < 1.29 is 9.90 Å².